The van der Waals surface area contributed by atoms with Crippen LogP contribution in [0.2, 0.25) is 0 Å². The topological polar surface area (TPSA) is 73.1 Å². The lowest BCUT2D eigenvalue weighted by Gasteiger charge is -2.12. The number of carbonyl (C=O) groups excluding carboxylic acids is 1. The highest BCUT2D eigenvalue weighted by molar-refractivity contribution is 5.92. The number of rotatable bonds is 8. The first-order valence-electron chi connectivity index (χ1n) is 8.56. The minimum atomic E-state index is -0.413. The maximum absolute atomic E-state index is 11.8. The van der Waals surface area contributed by atoms with Gasteiger partial charge in [-0.05, 0) is 48.4 Å². The molecule has 3 aromatic rings. The van der Waals surface area contributed by atoms with Crippen LogP contribution in [0.3, 0.4) is 0 Å². The number of ether oxygens (including phenoxy) is 2. The molecule has 0 bridgehead atoms. The second-order valence-electron chi connectivity index (χ2n) is 5.59. The molecule has 6 heteroatoms. The molecule has 0 aliphatic carbocycles. The first kappa shape index (κ1) is 18.3. The van der Waals surface area contributed by atoms with Crippen LogP contribution in [-0.2, 0) is 6.61 Å². The van der Waals surface area contributed by atoms with Crippen molar-refractivity contribution in [3.63, 3.8) is 0 Å². The van der Waals surface area contributed by atoms with Crippen molar-refractivity contribution in [1.82, 2.24) is 5.43 Å². The smallest absolute Gasteiger partial charge is 0.307 e. The fourth-order valence-electron chi connectivity index (χ4n) is 2.36. The van der Waals surface area contributed by atoms with Gasteiger partial charge in [0.1, 0.15) is 6.61 Å². The van der Waals surface area contributed by atoms with E-state index in [2.05, 4.69) is 10.5 Å². The summed E-state index contributed by atoms with van der Waals surface area (Å²) < 4.78 is 16.5. The summed E-state index contributed by atoms with van der Waals surface area (Å²) in [5.74, 6) is 1.06. The quantitative estimate of drug-likeness (QED) is 0.484. The normalized spacial score (nSPS) is 10.7. The highest BCUT2D eigenvalue weighted by atomic mass is 16.5. The highest BCUT2D eigenvalue weighted by Crippen LogP contribution is 2.28. The zero-order chi connectivity index (χ0) is 18.9. The zero-order valence-corrected chi connectivity index (χ0v) is 14.9. The Kier molecular flexibility index (Phi) is 6.25. The van der Waals surface area contributed by atoms with Crippen molar-refractivity contribution in [3.05, 3.63) is 83.8 Å². The number of hydrazone groups is 1. The van der Waals surface area contributed by atoms with Crippen LogP contribution < -0.4 is 14.9 Å². The molecule has 0 aliphatic rings. The third kappa shape index (κ3) is 5.22. The van der Waals surface area contributed by atoms with Crippen molar-refractivity contribution < 1.29 is 18.7 Å². The monoisotopic (exact) mass is 364 g/mol. The Morgan fingerprint density at radius 3 is 2.67 bits per heavy atom. The van der Waals surface area contributed by atoms with Crippen molar-refractivity contribution in [2.75, 3.05) is 6.61 Å². The van der Waals surface area contributed by atoms with Gasteiger partial charge in [0.25, 0.3) is 0 Å². The molecular weight excluding hydrogens is 344 g/mol. The van der Waals surface area contributed by atoms with Crippen molar-refractivity contribution in [1.29, 1.82) is 0 Å². The summed E-state index contributed by atoms with van der Waals surface area (Å²) in [6.07, 6.45) is 2.96. The van der Waals surface area contributed by atoms with Crippen LogP contribution in [-0.4, -0.2) is 18.7 Å². The van der Waals surface area contributed by atoms with Crippen molar-refractivity contribution >= 4 is 12.1 Å². The van der Waals surface area contributed by atoms with Crippen LogP contribution in [0, 0.1) is 0 Å². The first-order valence-corrected chi connectivity index (χ1v) is 8.56. The van der Waals surface area contributed by atoms with Gasteiger partial charge in [-0.1, -0.05) is 30.3 Å². The Balaban J connectivity index is 1.65. The maximum Gasteiger partial charge on any atom is 0.307 e. The standard InChI is InChI=1S/C21H20N2O4/c1-2-25-20-13-17(14-22-23-21(24)19-9-6-12-26-19)10-11-18(20)27-15-16-7-4-3-5-8-16/h3-14H,2,15H2,1H3,(H,23,24)/b22-14-. The van der Waals surface area contributed by atoms with E-state index in [0.29, 0.717) is 24.7 Å². The number of benzene rings is 2. The van der Waals surface area contributed by atoms with Gasteiger partial charge >= 0.3 is 5.91 Å². The summed E-state index contributed by atoms with van der Waals surface area (Å²) in [5.41, 5.74) is 4.25. The third-order valence-electron chi connectivity index (χ3n) is 3.63. The van der Waals surface area contributed by atoms with E-state index in [9.17, 15) is 4.79 Å². The summed E-state index contributed by atoms with van der Waals surface area (Å²) in [4.78, 5) is 11.8. The van der Waals surface area contributed by atoms with Gasteiger partial charge in [0.2, 0.25) is 0 Å². The second kappa shape index (κ2) is 9.24. The van der Waals surface area contributed by atoms with Gasteiger partial charge in [-0.25, -0.2) is 5.43 Å². The lowest BCUT2D eigenvalue weighted by atomic mass is 10.2. The minimum absolute atomic E-state index is 0.201. The van der Waals surface area contributed by atoms with E-state index in [1.165, 1.54) is 12.5 Å². The molecule has 0 atom stereocenters. The second-order valence-corrected chi connectivity index (χ2v) is 5.59. The van der Waals surface area contributed by atoms with Crippen LogP contribution in [0.4, 0.5) is 0 Å². The lowest BCUT2D eigenvalue weighted by molar-refractivity contribution is 0.0927. The molecular formula is C21H20N2O4. The number of furan rings is 1. The molecule has 0 saturated heterocycles. The number of nitrogens with zero attached hydrogens (tertiary/aromatic N) is 1. The number of hydrogen-bond donors (Lipinski definition) is 1. The Labute approximate surface area is 157 Å². The Hall–Kier alpha value is -3.54. The van der Waals surface area contributed by atoms with Crippen LogP contribution in [0.25, 0.3) is 0 Å². The molecule has 1 aromatic heterocycles. The summed E-state index contributed by atoms with van der Waals surface area (Å²) in [7, 11) is 0. The predicted molar refractivity (Wildman–Crippen MR) is 102 cm³/mol. The molecule has 27 heavy (non-hydrogen) atoms. The van der Waals surface area contributed by atoms with E-state index in [1.807, 2.05) is 55.5 Å². The van der Waals surface area contributed by atoms with E-state index in [-0.39, 0.29) is 5.76 Å². The van der Waals surface area contributed by atoms with E-state index >= 15 is 0 Å². The largest absolute Gasteiger partial charge is 0.490 e. The lowest BCUT2D eigenvalue weighted by Crippen LogP contribution is -2.16. The summed E-state index contributed by atoms with van der Waals surface area (Å²) >= 11 is 0. The third-order valence-corrected chi connectivity index (χ3v) is 3.63. The predicted octanol–water partition coefficient (Wildman–Crippen LogP) is 4.02. The van der Waals surface area contributed by atoms with E-state index in [1.54, 1.807) is 12.1 Å². The van der Waals surface area contributed by atoms with Gasteiger partial charge in [-0.15, -0.1) is 0 Å². The van der Waals surface area contributed by atoms with Gasteiger partial charge in [0.05, 0.1) is 19.1 Å². The average Bonchev–Trinajstić information content (AvgIpc) is 3.23. The summed E-state index contributed by atoms with van der Waals surface area (Å²) in [6.45, 7) is 2.87. The molecule has 138 valence electrons. The molecule has 1 amide bonds. The van der Waals surface area contributed by atoms with E-state index < -0.39 is 5.91 Å². The first-order chi connectivity index (χ1) is 13.3. The molecule has 6 nitrogen and oxygen atoms in total. The molecule has 0 saturated carbocycles. The number of nitrogens with one attached hydrogen (secondary N) is 1. The number of hydrogen-bond acceptors (Lipinski definition) is 5. The Bertz CT molecular complexity index is 890. The molecule has 0 fully saturated rings. The van der Waals surface area contributed by atoms with Crippen LogP contribution in [0.1, 0.15) is 28.6 Å². The number of carbonyl (C=O) groups is 1. The van der Waals surface area contributed by atoms with Crippen molar-refractivity contribution in [3.8, 4) is 11.5 Å². The van der Waals surface area contributed by atoms with Crippen LogP contribution in [0.5, 0.6) is 11.5 Å². The molecule has 3 rings (SSSR count). The Morgan fingerprint density at radius 1 is 1.07 bits per heavy atom. The van der Waals surface area contributed by atoms with Crippen molar-refractivity contribution in [2.24, 2.45) is 5.10 Å². The Morgan fingerprint density at radius 2 is 1.93 bits per heavy atom. The van der Waals surface area contributed by atoms with Gasteiger partial charge in [0, 0.05) is 0 Å². The summed E-state index contributed by atoms with van der Waals surface area (Å²) in [5, 5.41) is 3.94. The zero-order valence-electron chi connectivity index (χ0n) is 14.9. The summed E-state index contributed by atoms with van der Waals surface area (Å²) in [6, 6.07) is 18.6. The highest BCUT2D eigenvalue weighted by Gasteiger charge is 2.08. The number of amides is 1. The van der Waals surface area contributed by atoms with Crippen LogP contribution >= 0.6 is 0 Å². The van der Waals surface area contributed by atoms with Crippen molar-refractivity contribution in [2.45, 2.75) is 13.5 Å². The molecule has 2 aromatic carbocycles. The van der Waals surface area contributed by atoms with E-state index in [0.717, 1.165) is 11.1 Å². The molecule has 1 heterocycles. The molecule has 1 N–H and O–H groups in total. The minimum Gasteiger partial charge on any atom is -0.490 e. The van der Waals surface area contributed by atoms with Crippen LogP contribution in [0.15, 0.2) is 76.4 Å². The molecule has 0 unspecified atom stereocenters. The molecule has 0 aliphatic heterocycles. The average molecular weight is 364 g/mol. The molecule has 0 spiro atoms. The fraction of sp³-hybridized carbons (Fsp3) is 0.143. The van der Waals surface area contributed by atoms with Gasteiger partial charge in [-0.2, -0.15) is 5.10 Å². The SMILES string of the molecule is CCOc1cc(/C=N\NC(=O)c2ccco2)ccc1OCc1ccccc1. The van der Waals surface area contributed by atoms with E-state index in [4.69, 9.17) is 13.9 Å². The fourth-order valence-corrected chi connectivity index (χ4v) is 2.36. The van der Waals surface area contributed by atoms with Gasteiger partial charge < -0.3 is 13.9 Å². The maximum atomic E-state index is 11.8. The molecule has 0 radical (unpaired) electrons. The van der Waals surface area contributed by atoms with Gasteiger partial charge in [0.15, 0.2) is 17.3 Å². The van der Waals surface area contributed by atoms with Gasteiger partial charge in [-0.3, -0.25) is 4.79 Å².